The molecule has 2 heteroatoms. The van der Waals surface area contributed by atoms with E-state index in [9.17, 15) is 0 Å². The third-order valence-corrected chi connectivity index (χ3v) is 3.30. The smallest absolute Gasteiger partial charge is 0.0975 e. The second kappa shape index (κ2) is 3.87. The lowest BCUT2D eigenvalue weighted by atomic mass is 9.82. The van der Waals surface area contributed by atoms with Crippen LogP contribution in [-0.2, 0) is 9.47 Å². The first-order valence-corrected chi connectivity index (χ1v) is 5.24. The van der Waals surface area contributed by atoms with E-state index in [-0.39, 0.29) is 5.60 Å². The monoisotopic (exact) mass is 194 g/mol. The molecule has 0 aromatic carbocycles. The maximum Gasteiger partial charge on any atom is 0.0975 e. The van der Waals surface area contributed by atoms with Crippen LogP contribution in [0.15, 0.2) is 23.8 Å². The van der Waals surface area contributed by atoms with Crippen molar-refractivity contribution in [1.82, 2.24) is 0 Å². The quantitative estimate of drug-likeness (QED) is 0.683. The Morgan fingerprint density at radius 1 is 1.43 bits per heavy atom. The van der Waals surface area contributed by atoms with Crippen LogP contribution < -0.4 is 0 Å². The molecule has 1 unspecified atom stereocenters. The highest BCUT2D eigenvalue weighted by atomic mass is 16.5. The van der Waals surface area contributed by atoms with Crippen molar-refractivity contribution >= 4 is 0 Å². The van der Waals surface area contributed by atoms with Crippen molar-refractivity contribution in [2.45, 2.75) is 24.9 Å². The van der Waals surface area contributed by atoms with Gasteiger partial charge in [-0.3, -0.25) is 0 Å². The summed E-state index contributed by atoms with van der Waals surface area (Å²) in [6, 6.07) is 0. The first-order chi connectivity index (χ1) is 6.83. The molecule has 78 valence electrons. The van der Waals surface area contributed by atoms with Crippen LogP contribution in [0, 0.1) is 5.92 Å². The normalized spacial score (nSPS) is 31.7. The molecular weight excluding hydrogens is 176 g/mol. The van der Waals surface area contributed by atoms with Gasteiger partial charge in [-0.15, -0.1) is 0 Å². The fraction of sp³-hybridized carbons (Fsp3) is 0.667. The van der Waals surface area contributed by atoms with Crippen molar-refractivity contribution < 1.29 is 9.47 Å². The van der Waals surface area contributed by atoms with E-state index in [1.165, 1.54) is 18.4 Å². The Labute approximate surface area is 85.6 Å². The summed E-state index contributed by atoms with van der Waals surface area (Å²) < 4.78 is 11.0. The Bertz CT molecular complexity index is 263. The van der Waals surface area contributed by atoms with Gasteiger partial charge in [0.25, 0.3) is 0 Å². The summed E-state index contributed by atoms with van der Waals surface area (Å²) in [4.78, 5) is 0. The molecular formula is C12H18O2. The molecule has 1 fully saturated rings. The lowest BCUT2D eigenvalue weighted by Crippen LogP contribution is -2.38. The van der Waals surface area contributed by atoms with E-state index < -0.39 is 0 Å². The van der Waals surface area contributed by atoms with E-state index in [1.807, 2.05) is 7.11 Å². The minimum Gasteiger partial charge on any atom is -0.380 e. The standard InChI is InChI=1S/C12H18O2/c1-13-9-11-5-3-4-8-12(11,14-2)10-6-7-10/h3-5,10H,6-9H2,1-2H3. The van der Waals surface area contributed by atoms with Crippen molar-refractivity contribution in [2.24, 2.45) is 5.92 Å². The third-order valence-electron chi connectivity index (χ3n) is 3.30. The zero-order valence-electron chi connectivity index (χ0n) is 8.95. The van der Waals surface area contributed by atoms with Gasteiger partial charge in [-0.25, -0.2) is 0 Å². The minimum absolute atomic E-state index is 0.0508. The Hall–Kier alpha value is -0.600. The molecule has 1 atom stereocenters. The van der Waals surface area contributed by atoms with Gasteiger partial charge in [0.15, 0.2) is 0 Å². The Balaban J connectivity index is 2.21. The van der Waals surface area contributed by atoms with Crippen LogP contribution in [0.3, 0.4) is 0 Å². The van der Waals surface area contributed by atoms with Gasteiger partial charge in [0, 0.05) is 14.2 Å². The van der Waals surface area contributed by atoms with Gasteiger partial charge in [-0.1, -0.05) is 18.2 Å². The second-order valence-electron chi connectivity index (χ2n) is 4.13. The predicted molar refractivity (Wildman–Crippen MR) is 56.2 cm³/mol. The van der Waals surface area contributed by atoms with Gasteiger partial charge in [0.05, 0.1) is 12.2 Å². The summed E-state index contributed by atoms with van der Waals surface area (Å²) in [7, 11) is 3.56. The Morgan fingerprint density at radius 2 is 2.21 bits per heavy atom. The average molecular weight is 194 g/mol. The first kappa shape index (κ1) is 9.94. The summed E-state index contributed by atoms with van der Waals surface area (Å²) >= 11 is 0. The molecule has 0 spiro atoms. The summed E-state index contributed by atoms with van der Waals surface area (Å²) in [5.74, 6) is 0.707. The van der Waals surface area contributed by atoms with Gasteiger partial charge in [0.1, 0.15) is 0 Å². The molecule has 0 aliphatic heterocycles. The average Bonchev–Trinajstić information content (AvgIpc) is 3.03. The highest BCUT2D eigenvalue weighted by molar-refractivity contribution is 5.32. The molecule has 2 rings (SSSR count). The summed E-state index contributed by atoms with van der Waals surface area (Å²) in [6.07, 6.45) is 10.0. The Kier molecular flexibility index (Phi) is 2.75. The minimum atomic E-state index is -0.0508. The number of allylic oxidation sites excluding steroid dienone is 2. The van der Waals surface area contributed by atoms with Crippen LogP contribution in [0.4, 0.5) is 0 Å². The predicted octanol–water partition coefficient (Wildman–Crippen LogP) is 2.31. The van der Waals surface area contributed by atoms with Crippen LogP contribution >= 0.6 is 0 Å². The van der Waals surface area contributed by atoms with E-state index >= 15 is 0 Å². The molecule has 0 amide bonds. The molecule has 0 aromatic rings. The Morgan fingerprint density at radius 3 is 2.79 bits per heavy atom. The summed E-state index contributed by atoms with van der Waals surface area (Å²) in [5, 5.41) is 0. The fourth-order valence-electron chi connectivity index (χ4n) is 2.38. The molecule has 14 heavy (non-hydrogen) atoms. The molecule has 0 bridgehead atoms. The van der Waals surface area contributed by atoms with Gasteiger partial charge >= 0.3 is 0 Å². The number of ether oxygens (including phenoxy) is 2. The largest absolute Gasteiger partial charge is 0.380 e. The lowest BCUT2D eigenvalue weighted by Gasteiger charge is -2.36. The van der Waals surface area contributed by atoms with Crippen LogP contribution in [0.2, 0.25) is 0 Å². The van der Waals surface area contributed by atoms with Crippen LogP contribution in [-0.4, -0.2) is 26.4 Å². The number of rotatable bonds is 4. The van der Waals surface area contributed by atoms with E-state index in [1.54, 1.807) is 7.11 Å². The van der Waals surface area contributed by atoms with E-state index in [4.69, 9.17) is 9.47 Å². The van der Waals surface area contributed by atoms with Crippen LogP contribution in [0.25, 0.3) is 0 Å². The summed E-state index contributed by atoms with van der Waals surface area (Å²) in [5.41, 5.74) is 1.25. The van der Waals surface area contributed by atoms with Crippen molar-refractivity contribution in [3.05, 3.63) is 23.8 Å². The van der Waals surface area contributed by atoms with Crippen molar-refractivity contribution in [3.63, 3.8) is 0 Å². The van der Waals surface area contributed by atoms with Crippen molar-refractivity contribution in [1.29, 1.82) is 0 Å². The lowest BCUT2D eigenvalue weighted by molar-refractivity contribution is -0.00633. The zero-order valence-corrected chi connectivity index (χ0v) is 8.95. The first-order valence-electron chi connectivity index (χ1n) is 5.24. The highest BCUT2D eigenvalue weighted by Crippen LogP contribution is 2.48. The van der Waals surface area contributed by atoms with Crippen LogP contribution in [0.5, 0.6) is 0 Å². The SMILES string of the molecule is COCC1=CC=CCC1(OC)C1CC1. The van der Waals surface area contributed by atoms with Crippen molar-refractivity contribution in [2.75, 3.05) is 20.8 Å². The molecule has 1 saturated carbocycles. The highest BCUT2D eigenvalue weighted by Gasteiger charge is 2.47. The molecule has 0 radical (unpaired) electrons. The molecule has 0 N–H and O–H groups in total. The van der Waals surface area contributed by atoms with Gasteiger partial charge in [-0.05, 0) is 30.8 Å². The molecule has 0 saturated heterocycles. The number of hydrogen-bond acceptors (Lipinski definition) is 2. The molecule has 2 aliphatic rings. The third kappa shape index (κ3) is 1.53. The number of methoxy groups -OCH3 is 2. The molecule has 2 nitrogen and oxygen atoms in total. The van der Waals surface area contributed by atoms with Crippen molar-refractivity contribution in [3.8, 4) is 0 Å². The van der Waals surface area contributed by atoms with Gasteiger partial charge < -0.3 is 9.47 Å². The van der Waals surface area contributed by atoms with E-state index in [0.717, 1.165) is 6.42 Å². The molecule has 0 heterocycles. The molecule has 0 aromatic heterocycles. The zero-order chi connectivity index (χ0) is 10.0. The van der Waals surface area contributed by atoms with Gasteiger partial charge in [-0.2, -0.15) is 0 Å². The fourth-order valence-corrected chi connectivity index (χ4v) is 2.38. The van der Waals surface area contributed by atoms with E-state index in [2.05, 4.69) is 18.2 Å². The van der Waals surface area contributed by atoms with Crippen LogP contribution in [0.1, 0.15) is 19.3 Å². The van der Waals surface area contributed by atoms with Gasteiger partial charge in [0.2, 0.25) is 0 Å². The summed E-state index contributed by atoms with van der Waals surface area (Å²) in [6.45, 7) is 0.689. The maximum atomic E-state index is 5.77. The van der Waals surface area contributed by atoms with E-state index in [0.29, 0.717) is 12.5 Å². The number of hydrogen-bond donors (Lipinski definition) is 0. The maximum absolute atomic E-state index is 5.77. The molecule has 2 aliphatic carbocycles. The topological polar surface area (TPSA) is 18.5 Å². The second-order valence-corrected chi connectivity index (χ2v) is 4.13.